The Bertz CT molecular complexity index is 309. The van der Waals surface area contributed by atoms with Crippen LogP contribution in [0.1, 0.15) is 44.9 Å². The predicted molar refractivity (Wildman–Crippen MR) is 69.1 cm³/mol. The van der Waals surface area contributed by atoms with E-state index in [0.29, 0.717) is 5.91 Å². The van der Waals surface area contributed by atoms with Crippen LogP contribution >= 0.6 is 0 Å². The molecule has 102 valence electrons. The second kappa shape index (κ2) is 5.17. The summed E-state index contributed by atoms with van der Waals surface area (Å²) in [6.07, 6.45) is 8.10. The summed E-state index contributed by atoms with van der Waals surface area (Å²) in [7, 11) is 0. The molecule has 2 saturated carbocycles. The van der Waals surface area contributed by atoms with Crippen LogP contribution in [0.5, 0.6) is 0 Å². The van der Waals surface area contributed by atoms with Gasteiger partial charge < -0.3 is 9.64 Å². The molecule has 1 spiro atoms. The van der Waals surface area contributed by atoms with Gasteiger partial charge in [0.25, 0.3) is 0 Å². The van der Waals surface area contributed by atoms with Crippen molar-refractivity contribution in [3.63, 3.8) is 0 Å². The summed E-state index contributed by atoms with van der Waals surface area (Å²) < 4.78 is 5.61. The predicted octanol–water partition coefficient (Wildman–Crippen LogP) is 1.51. The molecule has 3 rings (SSSR count). The van der Waals surface area contributed by atoms with E-state index in [0.717, 1.165) is 51.6 Å². The highest BCUT2D eigenvalue weighted by atomic mass is 16.5. The van der Waals surface area contributed by atoms with Crippen LogP contribution in [0.15, 0.2) is 0 Å². The van der Waals surface area contributed by atoms with Crippen LogP contribution in [0, 0.1) is 5.92 Å². The Kier molecular flexibility index (Phi) is 3.57. The SMILES string of the molecule is O=C1N(CCCOCC2CC2)CNC12CCCC2. The maximum Gasteiger partial charge on any atom is 0.243 e. The third kappa shape index (κ3) is 2.54. The average molecular weight is 252 g/mol. The van der Waals surface area contributed by atoms with Crippen molar-refractivity contribution in [3.05, 3.63) is 0 Å². The standard InChI is InChI=1S/C14H24N2O2/c17-13-14(6-1-2-7-14)15-11-16(13)8-3-9-18-10-12-4-5-12/h12,15H,1-11H2. The highest BCUT2D eigenvalue weighted by Crippen LogP contribution is 2.34. The van der Waals surface area contributed by atoms with Gasteiger partial charge in [-0.1, -0.05) is 12.8 Å². The maximum absolute atomic E-state index is 12.3. The van der Waals surface area contributed by atoms with E-state index in [2.05, 4.69) is 5.32 Å². The molecule has 4 heteroatoms. The van der Waals surface area contributed by atoms with Crippen molar-refractivity contribution in [1.29, 1.82) is 0 Å². The summed E-state index contributed by atoms with van der Waals surface area (Å²) >= 11 is 0. The van der Waals surface area contributed by atoms with E-state index in [1.165, 1.54) is 25.7 Å². The van der Waals surface area contributed by atoms with E-state index in [1.807, 2.05) is 4.90 Å². The molecular formula is C14H24N2O2. The number of nitrogens with one attached hydrogen (secondary N) is 1. The first-order valence-electron chi connectivity index (χ1n) is 7.42. The first-order valence-corrected chi connectivity index (χ1v) is 7.42. The van der Waals surface area contributed by atoms with Gasteiger partial charge in [0.05, 0.1) is 12.2 Å². The Morgan fingerprint density at radius 2 is 2.11 bits per heavy atom. The highest BCUT2D eigenvalue weighted by molar-refractivity contribution is 5.88. The molecule has 4 nitrogen and oxygen atoms in total. The van der Waals surface area contributed by atoms with E-state index in [1.54, 1.807) is 0 Å². The van der Waals surface area contributed by atoms with Gasteiger partial charge in [-0.3, -0.25) is 10.1 Å². The number of ether oxygens (including phenoxy) is 1. The Hall–Kier alpha value is -0.610. The van der Waals surface area contributed by atoms with Crippen LogP contribution < -0.4 is 5.32 Å². The van der Waals surface area contributed by atoms with Crippen LogP contribution in [-0.2, 0) is 9.53 Å². The lowest BCUT2D eigenvalue weighted by molar-refractivity contribution is -0.132. The normalized spacial score (nSPS) is 26.4. The second-order valence-electron chi connectivity index (χ2n) is 6.06. The topological polar surface area (TPSA) is 41.6 Å². The molecule has 3 fully saturated rings. The zero-order valence-corrected chi connectivity index (χ0v) is 11.1. The van der Waals surface area contributed by atoms with E-state index in [9.17, 15) is 4.79 Å². The molecule has 1 heterocycles. The van der Waals surface area contributed by atoms with Crippen LogP contribution in [0.3, 0.4) is 0 Å². The third-order valence-corrected chi connectivity index (χ3v) is 4.53. The van der Waals surface area contributed by atoms with Crippen molar-refractivity contribution < 1.29 is 9.53 Å². The smallest absolute Gasteiger partial charge is 0.243 e. The second-order valence-corrected chi connectivity index (χ2v) is 6.06. The Morgan fingerprint density at radius 3 is 2.83 bits per heavy atom. The number of carbonyl (C=O) groups excluding carboxylic acids is 1. The highest BCUT2D eigenvalue weighted by Gasteiger charge is 2.47. The summed E-state index contributed by atoms with van der Waals surface area (Å²) in [5.41, 5.74) is -0.186. The molecule has 3 aliphatic rings. The van der Waals surface area contributed by atoms with Crippen molar-refractivity contribution >= 4 is 5.91 Å². The molecule has 0 aromatic carbocycles. The molecule has 1 amide bonds. The molecule has 0 aromatic heterocycles. The monoisotopic (exact) mass is 252 g/mol. The van der Waals surface area contributed by atoms with Gasteiger partial charge in [0.2, 0.25) is 5.91 Å². The molecule has 0 bridgehead atoms. The van der Waals surface area contributed by atoms with Gasteiger partial charge in [0.1, 0.15) is 0 Å². The van der Waals surface area contributed by atoms with Gasteiger partial charge in [-0.25, -0.2) is 0 Å². The molecule has 1 saturated heterocycles. The number of amides is 1. The van der Waals surface area contributed by atoms with Crippen LogP contribution in [0.4, 0.5) is 0 Å². The summed E-state index contributed by atoms with van der Waals surface area (Å²) in [5.74, 6) is 1.17. The molecule has 0 radical (unpaired) electrons. The van der Waals surface area contributed by atoms with Crippen molar-refractivity contribution in [2.24, 2.45) is 5.92 Å². The van der Waals surface area contributed by atoms with E-state index >= 15 is 0 Å². The molecule has 0 unspecified atom stereocenters. The number of rotatable bonds is 6. The van der Waals surface area contributed by atoms with Crippen LogP contribution in [0.2, 0.25) is 0 Å². The molecule has 2 aliphatic carbocycles. The minimum Gasteiger partial charge on any atom is -0.381 e. The zero-order chi connectivity index (χ0) is 12.4. The number of nitrogens with zero attached hydrogens (tertiary/aromatic N) is 1. The third-order valence-electron chi connectivity index (χ3n) is 4.53. The fraction of sp³-hybridized carbons (Fsp3) is 0.929. The zero-order valence-electron chi connectivity index (χ0n) is 11.1. The molecule has 0 aromatic rings. The van der Waals surface area contributed by atoms with E-state index in [4.69, 9.17) is 4.74 Å². The maximum atomic E-state index is 12.3. The van der Waals surface area contributed by atoms with Gasteiger partial charge in [-0.05, 0) is 38.0 Å². The number of carbonyl (C=O) groups is 1. The lowest BCUT2D eigenvalue weighted by atomic mass is 9.98. The Balaban J connectivity index is 1.36. The van der Waals surface area contributed by atoms with Crippen LogP contribution in [0.25, 0.3) is 0 Å². The summed E-state index contributed by atoms with van der Waals surface area (Å²) in [5, 5.41) is 3.44. The molecule has 1 aliphatic heterocycles. The lowest BCUT2D eigenvalue weighted by Gasteiger charge is -2.21. The Labute approximate surface area is 109 Å². The van der Waals surface area contributed by atoms with Crippen molar-refractivity contribution in [2.75, 3.05) is 26.4 Å². The van der Waals surface area contributed by atoms with Crippen molar-refractivity contribution in [3.8, 4) is 0 Å². The van der Waals surface area contributed by atoms with E-state index in [-0.39, 0.29) is 5.54 Å². The quantitative estimate of drug-likeness (QED) is 0.729. The summed E-state index contributed by atoms with van der Waals surface area (Å²) in [6.45, 7) is 3.31. The van der Waals surface area contributed by atoms with E-state index < -0.39 is 0 Å². The molecule has 1 N–H and O–H groups in total. The van der Waals surface area contributed by atoms with Gasteiger partial charge in [0, 0.05) is 19.8 Å². The number of hydrogen-bond acceptors (Lipinski definition) is 3. The summed E-state index contributed by atoms with van der Waals surface area (Å²) in [6, 6.07) is 0. The van der Waals surface area contributed by atoms with Crippen molar-refractivity contribution in [2.45, 2.75) is 50.5 Å². The fourth-order valence-electron chi connectivity index (χ4n) is 3.14. The first-order chi connectivity index (χ1) is 8.80. The largest absolute Gasteiger partial charge is 0.381 e. The lowest BCUT2D eigenvalue weighted by Crippen LogP contribution is -2.44. The van der Waals surface area contributed by atoms with Gasteiger partial charge in [-0.2, -0.15) is 0 Å². The number of hydrogen-bond donors (Lipinski definition) is 1. The fourth-order valence-corrected chi connectivity index (χ4v) is 3.14. The van der Waals surface area contributed by atoms with Crippen molar-refractivity contribution in [1.82, 2.24) is 10.2 Å². The molecule has 18 heavy (non-hydrogen) atoms. The van der Waals surface area contributed by atoms with Crippen LogP contribution in [-0.4, -0.2) is 42.8 Å². The summed E-state index contributed by atoms with van der Waals surface area (Å²) in [4.78, 5) is 14.3. The molecule has 0 atom stereocenters. The first kappa shape index (κ1) is 12.4. The molecular weight excluding hydrogens is 228 g/mol. The van der Waals surface area contributed by atoms with Gasteiger partial charge in [0.15, 0.2) is 0 Å². The Morgan fingerprint density at radius 1 is 1.33 bits per heavy atom. The van der Waals surface area contributed by atoms with Gasteiger partial charge >= 0.3 is 0 Å². The minimum absolute atomic E-state index is 0.186. The average Bonchev–Trinajstić information content (AvgIpc) is 3.00. The minimum atomic E-state index is -0.186. The van der Waals surface area contributed by atoms with Gasteiger partial charge in [-0.15, -0.1) is 0 Å².